The summed E-state index contributed by atoms with van der Waals surface area (Å²) in [4.78, 5) is 22.4. The number of carbonyl (C=O) groups is 1. The molecule has 0 saturated carbocycles. The van der Waals surface area contributed by atoms with Crippen molar-refractivity contribution < 1.29 is 18.1 Å². The molecule has 27 heavy (non-hydrogen) atoms. The molecule has 9 heteroatoms. The second-order valence-electron chi connectivity index (χ2n) is 5.95. The van der Waals surface area contributed by atoms with Gasteiger partial charge in [-0.1, -0.05) is 37.3 Å². The van der Waals surface area contributed by atoms with Crippen LogP contribution in [0.5, 0.6) is 0 Å². The standard InChI is InChI=1S/C18H21N3O5S/c1-3-14(2)19-18(22)13-20(15-9-5-4-6-10-15)27(25,26)17-12-8-7-11-16(17)21(23)24/h4-12,14H,3,13H2,1-2H3,(H,19,22)/t14-/m0/s1. The molecule has 0 unspecified atom stereocenters. The van der Waals surface area contributed by atoms with E-state index in [1.165, 1.54) is 24.3 Å². The molecule has 2 aromatic rings. The predicted molar refractivity (Wildman–Crippen MR) is 102 cm³/mol. The van der Waals surface area contributed by atoms with Crippen molar-refractivity contribution in [2.45, 2.75) is 31.2 Å². The first kappa shape index (κ1) is 20.4. The van der Waals surface area contributed by atoms with Crippen LogP contribution in [0.3, 0.4) is 0 Å². The van der Waals surface area contributed by atoms with Crippen LogP contribution in [-0.2, 0) is 14.8 Å². The molecular weight excluding hydrogens is 370 g/mol. The largest absolute Gasteiger partial charge is 0.352 e. The van der Waals surface area contributed by atoms with Gasteiger partial charge in [0.2, 0.25) is 5.91 Å². The zero-order chi connectivity index (χ0) is 20.0. The monoisotopic (exact) mass is 391 g/mol. The Hall–Kier alpha value is -2.94. The first-order valence-corrected chi connectivity index (χ1v) is 9.82. The van der Waals surface area contributed by atoms with Crippen LogP contribution in [0, 0.1) is 10.1 Å². The Balaban J connectivity index is 2.50. The first-order chi connectivity index (χ1) is 12.8. The lowest BCUT2D eigenvalue weighted by Gasteiger charge is -2.24. The lowest BCUT2D eigenvalue weighted by molar-refractivity contribution is -0.387. The summed E-state index contributed by atoms with van der Waals surface area (Å²) >= 11 is 0. The van der Waals surface area contributed by atoms with Gasteiger partial charge in [-0.25, -0.2) is 8.42 Å². The second-order valence-corrected chi connectivity index (χ2v) is 7.78. The van der Waals surface area contributed by atoms with Crippen molar-refractivity contribution in [2.75, 3.05) is 10.8 Å². The smallest absolute Gasteiger partial charge is 0.289 e. The zero-order valence-corrected chi connectivity index (χ0v) is 15.8. The van der Waals surface area contributed by atoms with Crippen LogP contribution >= 0.6 is 0 Å². The third-order valence-electron chi connectivity index (χ3n) is 3.98. The SMILES string of the molecule is CC[C@H](C)NC(=O)CN(c1ccccc1)S(=O)(=O)c1ccccc1[N+](=O)[O-]. The van der Waals surface area contributed by atoms with E-state index in [1.807, 2.05) is 6.92 Å². The Morgan fingerprint density at radius 1 is 1.15 bits per heavy atom. The van der Waals surface area contributed by atoms with Gasteiger partial charge in [-0.2, -0.15) is 0 Å². The van der Waals surface area contributed by atoms with Crippen LogP contribution < -0.4 is 9.62 Å². The molecule has 0 aliphatic rings. The van der Waals surface area contributed by atoms with Crippen LogP contribution in [-0.4, -0.2) is 31.8 Å². The summed E-state index contributed by atoms with van der Waals surface area (Å²) in [5, 5.41) is 14.0. The Kier molecular flexibility index (Phi) is 6.51. The Labute approximate surface area is 158 Å². The first-order valence-electron chi connectivity index (χ1n) is 8.38. The average molecular weight is 391 g/mol. The molecule has 144 valence electrons. The Morgan fingerprint density at radius 2 is 1.74 bits per heavy atom. The summed E-state index contributed by atoms with van der Waals surface area (Å²) in [6.07, 6.45) is 0.688. The highest BCUT2D eigenvalue weighted by molar-refractivity contribution is 7.93. The fraction of sp³-hybridized carbons (Fsp3) is 0.278. The van der Waals surface area contributed by atoms with Gasteiger partial charge in [-0.3, -0.25) is 19.2 Å². The van der Waals surface area contributed by atoms with E-state index in [1.54, 1.807) is 25.1 Å². The minimum atomic E-state index is -4.34. The molecule has 0 aliphatic heterocycles. The molecular formula is C18H21N3O5S. The zero-order valence-electron chi connectivity index (χ0n) is 15.0. The number of rotatable bonds is 8. The third-order valence-corrected chi connectivity index (χ3v) is 5.80. The molecule has 1 N–H and O–H groups in total. The molecule has 0 saturated heterocycles. The number of nitro benzene ring substituents is 1. The van der Waals surface area contributed by atoms with Crippen LogP contribution in [0.1, 0.15) is 20.3 Å². The van der Waals surface area contributed by atoms with Crippen molar-refractivity contribution in [2.24, 2.45) is 0 Å². The number of nitrogens with one attached hydrogen (secondary N) is 1. The van der Waals surface area contributed by atoms with E-state index in [4.69, 9.17) is 0 Å². The van der Waals surface area contributed by atoms with E-state index in [0.29, 0.717) is 6.42 Å². The van der Waals surface area contributed by atoms with Crippen LogP contribution in [0.15, 0.2) is 59.5 Å². The molecule has 2 rings (SSSR count). The maximum atomic E-state index is 13.2. The number of carbonyl (C=O) groups excluding carboxylic acids is 1. The number of hydrogen-bond acceptors (Lipinski definition) is 5. The summed E-state index contributed by atoms with van der Waals surface area (Å²) in [5.41, 5.74) is -0.296. The van der Waals surface area contributed by atoms with Crippen molar-refractivity contribution in [1.29, 1.82) is 0 Å². The van der Waals surface area contributed by atoms with Gasteiger partial charge in [0.05, 0.1) is 10.6 Å². The molecule has 0 fully saturated rings. The van der Waals surface area contributed by atoms with Gasteiger partial charge in [-0.05, 0) is 31.5 Å². The topological polar surface area (TPSA) is 110 Å². The quantitative estimate of drug-likeness (QED) is 0.549. The number of amides is 1. The van der Waals surface area contributed by atoms with E-state index < -0.39 is 38.0 Å². The normalized spacial score (nSPS) is 12.2. The summed E-state index contributed by atoms with van der Waals surface area (Å²) in [6.45, 7) is 3.22. The van der Waals surface area contributed by atoms with E-state index >= 15 is 0 Å². The van der Waals surface area contributed by atoms with Crippen molar-refractivity contribution in [3.05, 3.63) is 64.7 Å². The van der Waals surface area contributed by atoms with Gasteiger partial charge in [0.1, 0.15) is 6.54 Å². The van der Waals surface area contributed by atoms with E-state index in [-0.39, 0.29) is 11.7 Å². The van der Waals surface area contributed by atoms with Crippen LogP contribution in [0.2, 0.25) is 0 Å². The minimum Gasteiger partial charge on any atom is -0.352 e. The lowest BCUT2D eigenvalue weighted by atomic mass is 10.2. The Bertz CT molecular complexity index is 916. The molecule has 0 radical (unpaired) electrons. The molecule has 1 amide bonds. The summed E-state index contributed by atoms with van der Waals surface area (Å²) in [7, 11) is -4.34. The molecule has 0 aliphatic carbocycles. The molecule has 8 nitrogen and oxygen atoms in total. The molecule has 0 aromatic heterocycles. The Morgan fingerprint density at radius 3 is 2.33 bits per heavy atom. The van der Waals surface area contributed by atoms with E-state index in [0.717, 1.165) is 16.4 Å². The highest BCUT2D eigenvalue weighted by atomic mass is 32.2. The number of sulfonamides is 1. The molecule has 1 atom stereocenters. The van der Waals surface area contributed by atoms with Gasteiger partial charge in [-0.15, -0.1) is 0 Å². The number of benzene rings is 2. The highest BCUT2D eigenvalue weighted by Crippen LogP contribution is 2.29. The van der Waals surface area contributed by atoms with E-state index in [2.05, 4.69) is 5.32 Å². The number of nitro groups is 1. The number of hydrogen-bond donors (Lipinski definition) is 1. The van der Waals surface area contributed by atoms with Gasteiger partial charge in [0.15, 0.2) is 4.90 Å². The third kappa shape index (κ3) is 4.82. The van der Waals surface area contributed by atoms with Gasteiger partial charge in [0, 0.05) is 12.1 Å². The minimum absolute atomic E-state index is 0.121. The van der Waals surface area contributed by atoms with Crippen molar-refractivity contribution >= 4 is 27.3 Å². The summed E-state index contributed by atoms with van der Waals surface area (Å²) < 4.78 is 27.3. The number of anilines is 1. The highest BCUT2D eigenvalue weighted by Gasteiger charge is 2.33. The van der Waals surface area contributed by atoms with Crippen molar-refractivity contribution in [3.63, 3.8) is 0 Å². The van der Waals surface area contributed by atoms with Crippen LogP contribution in [0.4, 0.5) is 11.4 Å². The maximum Gasteiger partial charge on any atom is 0.289 e. The molecule has 0 spiro atoms. The second kappa shape index (κ2) is 8.63. The summed E-state index contributed by atoms with van der Waals surface area (Å²) in [5.74, 6) is -0.490. The fourth-order valence-electron chi connectivity index (χ4n) is 2.41. The van der Waals surface area contributed by atoms with Crippen LogP contribution in [0.25, 0.3) is 0 Å². The van der Waals surface area contributed by atoms with E-state index in [9.17, 15) is 23.3 Å². The molecule has 0 heterocycles. The lowest BCUT2D eigenvalue weighted by Crippen LogP contribution is -2.43. The van der Waals surface area contributed by atoms with Gasteiger partial charge < -0.3 is 5.32 Å². The number of para-hydroxylation sites is 2. The predicted octanol–water partition coefficient (Wildman–Crippen LogP) is 2.70. The fourth-order valence-corrected chi connectivity index (χ4v) is 3.99. The molecule has 2 aromatic carbocycles. The van der Waals surface area contributed by atoms with Gasteiger partial charge in [0.25, 0.3) is 15.7 Å². The molecule has 0 bridgehead atoms. The maximum absolute atomic E-state index is 13.2. The number of nitrogens with zero attached hydrogens (tertiary/aromatic N) is 2. The summed E-state index contributed by atoms with van der Waals surface area (Å²) in [6, 6.07) is 13.0. The van der Waals surface area contributed by atoms with Gasteiger partial charge >= 0.3 is 0 Å². The average Bonchev–Trinajstić information content (AvgIpc) is 2.66. The van der Waals surface area contributed by atoms with Crippen molar-refractivity contribution in [3.8, 4) is 0 Å². The van der Waals surface area contributed by atoms with Crippen molar-refractivity contribution in [1.82, 2.24) is 5.32 Å².